The first kappa shape index (κ1) is 13.3. The highest BCUT2D eigenvalue weighted by Crippen LogP contribution is 2.29. The number of hydrogen-bond donors (Lipinski definition) is 1. The van der Waals surface area contributed by atoms with E-state index >= 15 is 0 Å². The molecular weight excluding hydrogens is 212 g/mol. The molecule has 0 amide bonds. The Morgan fingerprint density at radius 3 is 3.06 bits per heavy atom. The standard InChI is InChI=1S/C14H28N2O/c1-14(11-15-2)7-9-16(12-14)8-3-5-13-6-4-10-17-13/h13,15H,3-12H2,1-2H3. The van der Waals surface area contributed by atoms with E-state index in [-0.39, 0.29) is 0 Å². The smallest absolute Gasteiger partial charge is 0.0576 e. The SMILES string of the molecule is CNCC1(C)CCN(CCCC2CCCO2)C1. The van der Waals surface area contributed by atoms with Crippen LogP contribution in [0.2, 0.25) is 0 Å². The van der Waals surface area contributed by atoms with Gasteiger partial charge in [-0.25, -0.2) is 0 Å². The van der Waals surface area contributed by atoms with Crippen LogP contribution in [-0.4, -0.2) is 50.8 Å². The Morgan fingerprint density at radius 1 is 1.47 bits per heavy atom. The minimum absolute atomic E-state index is 0.499. The molecule has 3 heteroatoms. The first-order valence-corrected chi connectivity index (χ1v) is 7.20. The minimum atomic E-state index is 0.499. The molecule has 0 aromatic heterocycles. The molecule has 0 aromatic rings. The lowest BCUT2D eigenvalue weighted by atomic mass is 9.90. The van der Waals surface area contributed by atoms with Crippen LogP contribution in [-0.2, 0) is 4.74 Å². The monoisotopic (exact) mass is 240 g/mol. The van der Waals surface area contributed by atoms with Gasteiger partial charge in [-0.3, -0.25) is 0 Å². The van der Waals surface area contributed by atoms with Crippen molar-refractivity contribution in [3.63, 3.8) is 0 Å². The Morgan fingerprint density at radius 2 is 2.35 bits per heavy atom. The Hall–Kier alpha value is -0.120. The molecule has 0 radical (unpaired) electrons. The summed E-state index contributed by atoms with van der Waals surface area (Å²) in [4.78, 5) is 2.63. The van der Waals surface area contributed by atoms with Crippen LogP contribution in [0.3, 0.4) is 0 Å². The van der Waals surface area contributed by atoms with Crippen LogP contribution >= 0.6 is 0 Å². The first-order chi connectivity index (χ1) is 8.22. The molecule has 0 spiro atoms. The second-order valence-corrected chi connectivity index (χ2v) is 6.14. The third kappa shape index (κ3) is 3.94. The molecule has 3 nitrogen and oxygen atoms in total. The van der Waals surface area contributed by atoms with Crippen molar-refractivity contribution in [2.24, 2.45) is 5.41 Å². The lowest BCUT2D eigenvalue weighted by Gasteiger charge is -2.24. The number of hydrogen-bond acceptors (Lipinski definition) is 3. The van der Waals surface area contributed by atoms with Crippen LogP contribution in [0.15, 0.2) is 0 Å². The van der Waals surface area contributed by atoms with Crippen molar-refractivity contribution in [3.8, 4) is 0 Å². The fourth-order valence-electron chi connectivity index (χ4n) is 3.30. The number of nitrogens with zero attached hydrogens (tertiary/aromatic N) is 1. The van der Waals surface area contributed by atoms with Gasteiger partial charge in [-0.05, 0) is 57.7 Å². The summed E-state index contributed by atoms with van der Waals surface area (Å²) in [6.07, 6.45) is 7.04. The third-order valence-electron chi connectivity index (χ3n) is 4.26. The predicted octanol–water partition coefficient (Wildman–Crippen LogP) is 1.88. The Labute approximate surface area is 106 Å². The zero-order valence-electron chi connectivity index (χ0n) is 11.5. The highest BCUT2D eigenvalue weighted by molar-refractivity contribution is 4.87. The van der Waals surface area contributed by atoms with Crippen LogP contribution in [0.5, 0.6) is 0 Å². The van der Waals surface area contributed by atoms with Crippen LogP contribution in [0.25, 0.3) is 0 Å². The van der Waals surface area contributed by atoms with Gasteiger partial charge in [0.15, 0.2) is 0 Å². The van der Waals surface area contributed by atoms with Gasteiger partial charge in [0, 0.05) is 19.7 Å². The number of nitrogens with one attached hydrogen (secondary N) is 1. The van der Waals surface area contributed by atoms with Gasteiger partial charge in [0.25, 0.3) is 0 Å². The summed E-state index contributed by atoms with van der Waals surface area (Å²) in [5.41, 5.74) is 0.499. The molecule has 2 atom stereocenters. The van der Waals surface area contributed by atoms with Crippen molar-refractivity contribution in [1.29, 1.82) is 0 Å². The summed E-state index contributed by atoms with van der Waals surface area (Å²) in [6, 6.07) is 0. The van der Waals surface area contributed by atoms with E-state index in [1.165, 1.54) is 51.7 Å². The van der Waals surface area contributed by atoms with Crippen molar-refractivity contribution in [1.82, 2.24) is 10.2 Å². The Balaban J connectivity index is 1.60. The first-order valence-electron chi connectivity index (χ1n) is 7.20. The Bertz CT molecular complexity index is 228. The second kappa shape index (κ2) is 6.17. The van der Waals surface area contributed by atoms with Crippen molar-refractivity contribution in [3.05, 3.63) is 0 Å². The zero-order chi connectivity index (χ0) is 12.1. The summed E-state index contributed by atoms with van der Waals surface area (Å²) in [6.45, 7) is 8.36. The van der Waals surface area contributed by atoms with E-state index in [2.05, 4.69) is 24.2 Å². The maximum Gasteiger partial charge on any atom is 0.0576 e. The van der Waals surface area contributed by atoms with Crippen molar-refractivity contribution < 1.29 is 4.74 Å². The normalized spacial score (nSPS) is 34.6. The van der Waals surface area contributed by atoms with Gasteiger partial charge in [0.1, 0.15) is 0 Å². The third-order valence-corrected chi connectivity index (χ3v) is 4.26. The molecule has 2 unspecified atom stereocenters. The molecule has 0 bridgehead atoms. The summed E-state index contributed by atoms with van der Waals surface area (Å²) >= 11 is 0. The average molecular weight is 240 g/mol. The average Bonchev–Trinajstić information content (AvgIpc) is 2.90. The fourth-order valence-corrected chi connectivity index (χ4v) is 3.30. The van der Waals surface area contributed by atoms with Gasteiger partial charge in [-0.2, -0.15) is 0 Å². The van der Waals surface area contributed by atoms with Gasteiger partial charge in [-0.1, -0.05) is 6.92 Å². The summed E-state index contributed by atoms with van der Waals surface area (Å²) in [5, 5.41) is 3.32. The van der Waals surface area contributed by atoms with Crippen LogP contribution in [0, 0.1) is 5.41 Å². The largest absolute Gasteiger partial charge is 0.378 e. The number of ether oxygens (including phenoxy) is 1. The molecular formula is C14H28N2O. The highest BCUT2D eigenvalue weighted by Gasteiger charge is 2.32. The second-order valence-electron chi connectivity index (χ2n) is 6.14. The number of likely N-dealkylation sites (tertiary alicyclic amines) is 1. The van der Waals surface area contributed by atoms with Gasteiger partial charge >= 0.3 is 0 Å². The maximum atomic E-state index is 5.67. The molecule has 0 saturated carbocycles. The molecule has 2 aliphatic rings. The fraction of sp³-hybridized carbons (Fsp3) is 1.00. The molecule has 17 heavy (non-hydrogen) atoms. The van der Waals surface area contributed by atoms with Crippen molar-refractivity contribution >= 4 is 0 Å². The van der Waals surface area contributed by atoms with Gasteiger partial charge < -0.3 is 15.0 Å². The molecule has 100 valence electrons. The minimum Gasteiger partial charge on any atom is -0.378 e. The molecule has 2 rings (SSSR count). The highest BCUT2D eigenvalue weighted by atomic mass is 16.5. The van der Waals surface area contributed by atoms with E-state index < -0.39 is 0 Å². The molecule has 0 aromatic carbocycles. The topological polar surface area (TPSA) is 24.5 Å². The molecule has 2 fully saturated rings. The molecule has 1 N–H and O–H groups in total. The van der Waals surface area contributed by atoms with E-state index in [0.717, 1.165) is 13.2 Å². The molecule has 0 aliphatic carbocycles. The van der Waals surface area contributed by atoms with Crippen LogP contribution in [0.4, 0.5) is 0 Å². The summed E-state index contributed by atoms with van der Waals surface area (Å²) in [7, 11) is 2.06. The summed E-state index contributed by atoms with van der Waals surface area (Å²) in [5.74, 6) is 0. The van der Waals surface area contributed by atoms with E-state index in [4.69, 9.17) is 4.74 Å². The molecule has 2 heterocycles. The number of rotatable bonds is 6. The molecule has 2 saturated heterocycles. The summed E-state index contributed by atoms with van der Waals surface area (Å²) < 4.78 is 5.67. The van der Waals surface area contributed by atoms with Crippen LogP contribution < -0.4 is 5.32 Å². The molecule has 2 aliphatic heterocycles. The predicted molar refractivity (Wildman–Crippen MR) is 71.3 cm³/mol. The van der Waals surface area contributed by atoms with Crippen LogP contribution in [0.1, 0.15) is 39.0 Å². The van der Waals surface area contributed by atoms with E-state index in [9.17, 15) is 0 Å². The van der Waals surface area contributed by atoms with Gasteiger partial charge in [0.2, 0.25) is 0 Å². The maximum absolute atomic E-state index is 5.67. The van der Waals surface area contributed by atoms with E-state index in [1.807, 2.05) is 0 Å². The van der Waals surface area contributed by atoms with Crippen molar-refractivity contribution in [2.75, 3.05) is 39.8 Å². The van der Waals surface area contributed by atoms with Crippen molar-refractivity contribution in [2.45, 2.75) is 45.1 Å². The lowest BCUT2D eigenvalue weighted by Crippen LogP contribution is -2.33. The Kier molecular flexibility index (Phi) is 4.83. The van der Waals surface area contributed by atoms with Gasteiger partial charge in [-0.15, -0.1) is 0 Å². The van der Waals surface area contributed by atoms with E-state index in [0.29, 0.717) is 11.5 Å². The van der Waals surface area contributed by atoms with Gasteiger partial charge in [0.05, 0.1) is 6.10 Å². The van der Waals surface area contributed by atoms with E-state index in [1.54, 1.807) is 0 Å². The zero-order valence-corrected chi connectivity index (χ0v) is 11.5. The quantitative estimate of drug-likeness (QED) is 0.767. The lowest BCUT2D eigenvalue weighted by molar-refractivity contribution is 0.0992.